The van der Waals surface area contributed by atoms with Crippen LogP contribution in [0.15, 0.2) is 12.3 Å². The van der Waals surface area contributed by atoms with E-state index in [2.05, 4.69) is 22.1 Å². The number of nitrogens with zero attached hydrogens (tertiary/aromatic N) is 4. The summed E-state index contributed by atoms with van der Waals surface area (Å²) in [7, 11) is 0. The second kappa shape index (κ2) is 6.99. The van der Waals surface area contributed by atoms with Crippen LogP contribution in [-0.4, -0.2) is 41.0 Å². The van der Waals surface area contributed by atoms with Gasteiger partial charge in [-0.3, -0.25) is 10.1 Å². The molecule has 1 fully saturated rings. The molecule has 1 saturated heterocycles. The number of nitrogens with one attached hydrogen (secondary N) is 1. The predicted molar refractivity (Wildman–Crippen MR) is 78.9 cm³/mol. The second-order valence-electron chi connectivity index (χ2n) is 5.45. The summed E-state index contributed by atoms with van der Waals surface area (Å²) >= 11 is 0. The topological polar surface area (TPSA) is 95.1 Å². The number of likely N-dealkylation sites (tertiary alicyclic amines) is 1. The van der Waals surface area contributed by atoms with Crippen molar-refractivity contribution in [1.82, 2.24) is 9.88 Å². The van der Waals surface area contributed by atoms with Crippen molar-refractivity contribution >= 4 is 11.5 Å². The minimum absolute atomic E-state index is 0.165. The minimum atomic E-state index is -0.548. The standard InChI is InChI=1S/C14H19N5O2/c1-11(10-18-4-2-3-5-18)8-16-14-12(7-15)6-13(9-17-14)19(20)21/h6,9,11H,2-5,8,10H2,1H3,(H,16,17). The van der Waals surface area contributed by atoms with E-state index in [1.54, 1.807) is 0 Å². The monoisotopic (exact) mass is 289 g/mol. The van der Waals surface area contributed by atoms with Gasteiger partial charge in [-0.05, 0) is 31.8 Å². The Morgan fingerprint density at radius 2 is 2.29 bits per heavy atom. The lowest BCUT2D eigenvalue weighted by molar-refractivity contribution is -0.385. The normalized spacial score (nSPS) is 16.4. The van der Waals surface area contributed by atoms with Crippen LogP contribution in [0.25, 0.3) is 0 Å². The Morgan fingerprint density at radius 1 is 1.57 bits per heavy atom. The molecule has 1 aromatic rings. The van der Waals surface area contributed by atoms with Gasteiger partial charge in [-0.2, -0.15) is 5.26 Å². The molecule has 0 radical (unpaired) electrons. The van der Waals surface area contributed by atoms with Gasteiger partial charge in [0.2, 0.25) is 0 Å². The third-order valence-electron chi connectivity index (χ3n) is 3.59. The van der Waals surface area contributed by atoms with Crippen molar-refractivity contribution in [3.8, 4) is 6.07 Å². The summed E-state index contributed by atoms with van der Waals surface area (Å²) in [4.78, 5) is 16.5. The first-order chi connectivity index (χ1) is 10.1. The zero-order chi connectivity index (χ0) is 15.2. The Morgan fingerprint density at radius 3 is 2.90 bits per heavy atom. The van der Waals surface area contributed by atoms with Gasteiger partial charge in [0.1, 0.15) is 23.6 Å². The Balaban J connectivity index is 1.93. The largest absolute Gasteiger partial charge is 0.369 e. The molecular weight excluding hydrogens is 270 g/mol. The molecule has 2 rings (SSSR count). The predicted octanol–water partition coefficient (Wildman–Crippen LogP) is 2.01. The number of hydrogen-bond acceptors (Lipinski definition) is 6. The molecule has 0 saturated carbocycles. The SMILES string of the molecule is CC(CNc1ncc([N+](=O)[O-])cc1C#N)CN1CCCC1. The number of aromatic nitrogens is 1. The smallest absolute Gasteiger partial charge is 0.289 e. The molecule has 1 aliphatic heterocycles. The number of rotatable bonds is 6. The van der Waals surface area contributed by atoms with Crippen molar-refractivity contribution in [2.45, 2.75) is 19.8 Å². The van der Waals surface area contributed by atoms with Crippen LogP contribution < -0.4 is 5.32 Å². The van der Waals surface area contributed by atoms with E-state index in [-0.39, 0.29) is 11.3 Å². The lowest BCUT2D eigenvalue weighted by atomic mass is 10.1. The summed E-state index contributed by atoms with van der Waals surface area (Å²) in [5, 5.41) is 22.9. The average molecular weight is 289 g/mol. The molecule has 1 atom stereocenters. The first-order valence-corrected chi connectivity index (χ1v) is 7.11. The van der Waals surface area contributed by atoms with Crippen LogP contribution in [0.5, 0.6) is 0 Å². The molecule has 7 heteroatoms. The molecule has 112 valence electrons. The molecule has 7 nitrogen and oxygen atoms in total. The Labute approximate surface area is 123 Å². The van der Waals surface area contributed by atoms with Crippen molar-refractivity contribution in [1.29, 1.82) is 5.26 Å². The highest BCUT2D eigenvalue weighted by Crippen LogP contribution is 2.18. The van der Waals surface area contributed by atoms with Crippen LogP contribution in [0.4, 0.5) is 11.5 Å². The maximum absolute atomic E-state index is 10.7. The highest BCUT2D eigenvalue weighted by molar-refractivity contribution is 5.55. The van der Waals surface area contributed by atoms with Gasteiger partial charge < -0.3 is 10.2 Å². The molecule has 0 amide bonds. The summed E-state index contributed by atoms with van der Waals surface area (Å²) in [5.41, 5.74) is 0.0415. The van der Waals surface area contributed by atoms with Crippen molar-refractivity contribution < 1.29 is 4.92 Å². The Kier molecular flexibility index (Phi) is 5.06. The highest BCUT2D eigenvalue weighted by Gasteiger charge is 2.16. The van der Waals surface area contributed by atoms with Crippen molar-refractivity contribution in [3.63, 3.8) is 0 Å². The van der Waals surface area contributed by atoms with E-state index in [1.807, 2.05) is 6.07 Å². The van der Waals surface area contributed by atoms with Crippen LogP contribution >= 0.6 is 0 Å². The molecule has 0 spiro atoms. The second-order valence-corrected chi connectivity index (χ2v) is 5.45. The lowest BCUT2D eigenvalue weighted by Crippen LogP contribution is -2.29. The van der Waals surface area contributed by atoms with Crippen LogP contribution in [-0.2, 0) is 0 Å². The maximum atomic E-state index is 10.7. The van der Waals surface area contributed by atoms with Gasteiger partial charge >= 0.3 is 0 Å². The van der Waals surface area contributed by atoms with Gasteiger partial charge in [-0.25, -0.2) is 4.98 Å². The van der Waals surface area contributed by atoms with Crippen molar-refractivity contribution in [2.75, 3.05) is 31.5 Å². The quantitative estimate of drug-likeness (QED) is 0.635. The van der Waals surface area contributed by atoms with E-state index in [1.165, 1.54) is 25.1 Å². The van der Waals surface area contributed by atoms with Crippen LogP contribution in [0, 0.1) is 27.4 Å². The first-order valence-electron chi connectivity index (χ1n) is 7.11. The molecule has 2 heterocycles. The van der Waals surface area contributed by atoms with Crippen LogP contribution in [0.2, 0.25) is 0 Å². The molecule has 21 heavy (non-hydrogen) atoms. The number of nitriles is 1. The van der Waals surface area contributed by atoms with E-state index >= 15 is 0 Å². The molecule has 1 N–H and O–H groups in total. The van der Waals surface area contributed by atoms with Gasteiger partial charge in [0.15, 0.2) is 0 Å². The zero-order valence-corrected chi connectivity index (χ0v) is 12.1. The maximum Gasteiger partial charge on any atom is 0.289 e. The van der Waals surface area contributed by atoms with Crippen LogP contribution in [0.1, 0.15) is 25.3 Å². The molecule has 1 aliphatic rings. The third kappa shape index (κ3) is 4.13. The number of nitro groups is 1. The van der Waals surface area contributed by atoms with Gasteiger partial charge in [-0.1, -0.05) is 6.92 Å². The molecule has 0 aliphatic carbocycles. The molecule has 1 unspecified atom stereocenters. The number of pyridine rings is 1. The fourth-order valence-corrected chi connectivity index (χ4v) is 2.52. The Hall–Kier alpha value is -2.20. The van der Waals surface area contributed by atoms with Gasteiger partial charge in [0, 0.05) is 19.2 Å². The summed E-state index contributed by atoms with van der Waals surface area (Å²) in [6, 6.07) is 3.20. The zero-order valence-electron chi connectivity index (χ0n) is 12.1. The molecule has 0 bridgehead atoms. The number of anilines is 1. The summed E-state index contributed by atoms with van der Waals surface area (Å²) in [5.74, 6) is 0.836. The van der Waals surface area contributed by atoms with Gasteiger partial charge in [0.25, 0.3) is 5.69 Å². The third-order valence-corrected chi connectivity index (χ3v) is 3.59. The fourth-order valence-electron chi connectivity index (χ4n) is 2.52. The molecule has 0 aromatic carbocycles. The van der Waals surface area contributed by atoms with E-state index in [0.29, 0.717) is 18.3 Å². The van der Waals surface area contributed by atoms with Gasteiger partial charge in [0.05, 0.1) is 4.92 Å². The summed E-state index contributed by atoms with van der Waals surface area (Å²) in [6.45, 7) is 6.16. The summed E-state index contributed by atoms with van der Waals surface area (Å²) in [6.07, 6.45) is 3.71. The molecule has 1 aromatic heterocycles. The van der Waals surface area contributed by atoms with Crippen LogP contribution in [0.3, 0.4) is 0 Å². The first kappa shape index (κ1) is 15.2. The summed E-state index contributed by atoms with van der Waals surface area (Å²) < 4.78 is 0. The van der Waals surface area contributed by atoms with Crippen molar-refractivity contribution in [3.05, 3.63) is 27.9 Å². The van der Waals surface area contributed by atoms with E-state index in [0.717, 1.165) is 19.6 Å². The highest BCUT2D eigenvalue weighted by atomic mass is 16.6. The number of hydrogen-bond donors (Lipinski definition) is 1. The van der Waals surface area contributed by atoms with E-state index in [4.69, 9.17) is 5.26 Å². The van der Waals surface area contributed by atoms with Gasteiger partial charge in [-0.15, -0.1) is 0 Å². The fraction of sp³-hybridized carbons (Fsp3) is 0.571. The van der Waals surface area contributed by atoms with Crippen molar-refractivity contribution in [2.24, 2.45) is 5.92 Å². The molecular formula is C14H19N5O2. The Bertz CT molecular complexity index is 549. The van der Waals surface area contributed by atoms with E-state index in [9.17, 15) is 10.1 Å². The average Bonchev–Trinajstić information content (AvgIpc) is 2.97. The van der Waals surface area contributed by atoms with E-state index < -0.39 is 4.92 Å². The lowest BCUT2D eigenvalue weighted by Gasteiger charge is -2.20. The minimum Gasteiger partial charge on any atom is -0.369 e.